The van der Waals surface area contributed by atoms with Gasteiger partial charge in [-0.2, -0.15) is 0 Å². The van der Waals surface area contributed by atoms with Crippen molar-refractivity contribution in [3.63, 3.8) is 0 Å². The molecule has 0 unspecified atom stereocenters. The molecule has 0 aliphatic heterocycles. The average Bonchev–Trinajstić information content (AvgIpc) is 2.61. The molecule has 1 aromatic rings. The highest BCUT2D eigenvalue weighted by Crippen LogP contribution is 2.12. The van der Waals surface area contributed by atoms with Crippen LogP contribution in [0.15, 0.2) is 5.38 Å². The first kappa shape index (κ1) is 16.1. The first-order valence-electron chi connectivity index (χ1n) is 6.16. The second-order valence-electron chi connectivity index (χ2n) is 5.05. The van der Waals surface area contributed by atoms with Crippen molar-refractivity contribution in [3.8, 4) is 0 Å². The van der Waals surface area contributed by atoms with Crippen LogP contribution < -0.4 is 4.72 Å². The third kappa shape index (κ3) is 5.28. The van der Waals surface area contributed by atoms with E-state index in [9.17, 15) is 13.2 Å². The van der Waals surface area contributed by atoms with Crippen LogP contribution in [0.3, 0.4) is 0 Å². The summed E-state index contributed by atoms with van der Waals surface area (Å²) < 4.78 is 26.0. The van der Waals surface area contributed by atoms with Crippen molar-refractivity contribution < 1.29 is 13.2 Å². The topological polar surface area (TPSA) is 76.1 Å². The zero-order valence-electron chi connectivity index (χ0n) is 11.6. The third-order valence-corrected chi connectivity index (χ3v) is 5.18. The van der Waals surface area contributed by atoms with Gasteiger partial charge in [0.15, 0.2) is 0 Å². The number of hydrogen-bond donors (Lipinski definition) is 1. The minimum Gasteiger partial charge on any atom is -0.274 e. The van der Waals surface area contributed by atoms with Gasteiger partial charge >= 0.3 is 0 Å². The first-order valence-corrected chi connectivity index (χ1v) is 8.58. The Bertz CT molecular complexity index is 535. The molecule has 0 aromatic carbocycles. The standard InChI is InChI=1S/C12H20N2O3S2/c1-8(2)5-9(3)19(16,17)14-12(15)6-11-7-18-10(4)13-11/h7-9H,5-6H2,1-4H3,(H,14,15)/t9-/m1/s1. The Kier molecular flexibility index (Phi) is 5.49. The van der Waals surface area contributed by atoms with E-state index in [2.05, 4.69) is 9.71 Å². The molecule has 19 heavy (non-hydrogen) atoms. The summed E-state index contributed by atoms with van der Waals surface area (Å²) in [6, 6.07) is 0. The number of hydrogen-bond acceptors (Lipinski definition) is 5. The highest BCUT2D eigenvalue weighted by atomic mass is 32.2. The van der Waals surface area contributed by atoms with Crippen LogP contribution in [-0.2, 0) is 21.2 Å². The van der Waals surface area contributed by atoms with Gasteiger partial charge in [-0.05, 0) is 26.2 Å². The summed E-state index contributed by atoms with van der Waals surface area (Å²) in [4.78, 5) is 15.8. The zero-order valence-corrected chi connectivity index (χ0v) is 13.3. The predicted octanol–water partition coefficient (Wildman–Crippen LogP) is 1.87. The van der Waals surface area contributed by atoms with Crippen molar-refractivity contribution in [1.29, 1.82) is 0 Å². The molecule has 0 saturated heterocycles. The lowest BCUT2D eigenvalue weighted by molar-refractivity contribution is -0.118. The fraction of sp³-hybridized carbons (Fsp3) is 0.667. The van der Waals surface area contributed by atoms with Crippen molar-refractivity contribution in [2.45, 2.75) is 45.8 Å². The molecule has 5 nitrogen and oxygen atoms in total. The van der Waals surface area contributed by atoms with Gasteiger partial charge in [0.25, 0.3) is 0 Å². The van der Waals surface area contributed by atoms with Gasteiger partial charge in [0.1, 0.15) is 0 Å². The highest BCUT2D eigenvalue weighted by molar-refractivity contribution is 7.90. The second-order valence-corrected chi connectivity index (χ2v) is 8.21. The lowest BCUT2D eigenvalue weighted by Crippen LogP contribution is -2.38. The number of amides is 1. The van der Waals surface area contributed by atoms with E-state index in [0.29, 0.717) is 12.1 Å². The van der Waals surface area contributed by atoms with Crippen molar-refractivity contribution in [2.24, 2.45) is 5.92 Å². The lowest BCUT2D eigenvalue weighted by Gasteiger charge is -2.15. The van der Waals surface area contributed by atoms with Crippen molar-refractivity contribution >= 4 is 27.3 Å². The van der Waals surface area contributed by atoms with E-state index >= 15 is 0 Å². The van der Waals surface area contributed by atoms with Gasteiger partial charge in [0.2, 0.25) is 15.9 Å². The van der Waals surface area contributed by atoms with Crippen LogP contribution in [0.5, 0.6) is 0 Å². The molecule has 1 N–H and O–H groups in total. The predicted molar refractivity (Wildman–Crippen MR) is 76.5 cm³/mol. The molecule has 1 heterocycles. The number of nitrogens with zero attached hydrogens (tertiary/aromatic N) is 1. The van der Waals surface area contributed by atoms with E-state index in [-0.39, 0.29) is 12.3 Å². The molecule has 0 bridgehead atoms. The van der Waals surface area contributed by atoms with Crippen LogP contribution in [0.25, 0.3) is 0 Å². The Labute approximate surface area is 118 Å². The molecule has 0 spiro atoms. The maximum Gasteiger partial charge on any atom is 0.239 e. The summed E-state index contributed by atoms with van der Waals surface area (Å²) in [6.07, 6.45) is 0.524. The van der Waals surface area contributed by atoms with Gasteiger partial charge in [0.05, 0.1) is 22.4 Å². The van der Waals surface area contributed by atoms with Crippen molar-refractivity contribution in [2.75, 3.05) is 0 Å². The fourth-order valence-corrected chi connectivity index (χ4v) is 3.58. The number of rotatable bonds is 6. The minimum absolute atomic E-state index is 0.00202. The van der Waals surface area contributed by atoms with Crippen LogP contribution in [0.2, 0.25) is 0 Å². The maximum absolute atomic E-state index is 11.9. The van der Waals surface area contributed by atoms with E-state index in [1.165, 1.54) is 11.3 Å². The monoisotopic (exact) mass is 304 g/mol. The number of carbonyl (C=O) groups excluding carboxylic acids is 1. The average molecular weight is 304 g/mol. The molecule has 108 valence electrons. The number of thiazole rings is 1. The molecule has 1 rings (SSSR count). The van der Waals surface area contributed by atoms with Gasteiger partial charge < -0.3 is 0 Å². The van der Waals surface area contributed by atoms with Crippen LogP contribution in [0, 0.1) is 12.8 Å². The number of nitrogens with one attached hydrogen (secondary N) is 1. The Morgan fingerprint density at radius 1 is 1.42 bits per heavy atom. The quantitative estimate of drug-likeness (QED) is 0.870. The van der Waals surface area contributed by atoms with Crippen LogP contribution in [-0.4, -0.2) is 24.6 Å². The first-order chi connectivity index (χ1) is 8.70. The van der Waals surface area contributed by atoms with Crippen LogP contribution >= 0.6 is 11.3 Å². The molecule has 0 radical (unpaired) electrons. The lowest BCUT2D eigenvalue weighted by atomic mass is 10.1. The van der Waals surface area contributed by atoms with E-state index in [1.807, 2.05) is 20.8 Å². The molecule has 0 fully saturated rings. The maximum atomic E-state index is 11.9. The third-order valence-electron chi connectivity index (χ3n) is 2.60. The van der Waals surface area contributed by atoms with E-state index in [4.69, 9.17) is 0 Å². The second kappa shape index (κ2) is 6.47. The molecule has 0 aliphatic rings. The van der Waals surface area contributed by atoms with Crippen LogP contribution in [0.4, 0.5) is 0 Å². The number of carbonyl (C=O) groups is 1. The fourth-order valence-electron chi connectivity index (χ4n) is 1.74. The van der Waals surface area contributed by atoms with Gasteiger partial charge in [-0.3, -0.25) is 9.52 Å². The van der Waals surface area contributed by atoms with Crippen molar-refractivity contribution in [1.82, 2.24) is 9.71 Å². The number of aryl methyl sites for hydroxylation is 1. The summed E-state index contributed by atoms with van der Waals surface area (Å²) in [6.45, 7) is 7.36. The molecule has 1 atom stereocenters. The number of aromatic nitrogens is 1. The molecule has 1 aromatic heterocycles. The van der Waals surface area contributed by atoms with Gasteiger partial charge in [-0.15, -0.1) is 11.3 Å². The van der Waals surface area contributed by atoms with Gasteiger partial charge in [0, 0.05) is 5.38 Å². The Balaban J connectivity index is 2.60. The zero-order chi connectivity index (χ0) is 14.6. The van der Waals surface area contributed by atoms with E-state index in [0.717, 1.165) is 5.01 Å². The van der Waals surface area contributed by atoms with Gasteiger partial charge in [-0.1, -0.05) is 13.8 Å². The highest BCUT2D eigenvalue weighted by Gasteiger charge is 2.24. The molecule has 0 aliphatic carbocycles. The Morgan fingerprint density at radius 2 is 2.05 bits per heavy atom. The summed E-state index contributed by atoms with van der Waals surface area (Å²) in [5, 5.41) is 2.05. The van der Waals surface area contributed by atoms with Crippen LogP contribution in [0.1, 0.15) is 37.9 Å². The van der Waals surface area contributed by atoms with E-state index < -0.39 is 21.2 Å². The number of sulfonamides is 1. The molecule has 0 saturated carbocycles. The molecular weight excluding hydrogens is 284 g/mol. The smallest absolute Gasteiger partial charge is 0.239 e. The Morgan fingerprint density at radius 3 is 2.53 bits per heavy atom. The summed E-state index contributed by atoms with van der Waals surface area (Å²) in [5.41, 5.74) is 0.603. The van der Waals surface area contributed by atoms with Gasteiger partial charge in [-0.25, -0.2) is 13.4 Å². The summed E-state index contributed by atoms with van der Waals surface area (Å²) >= 11 is 1.44. The normalized spacial score (nSPS) is 13.5. The molecular formula is C12H20N2O3S2. The van der Waals surface area contributed by atoms with E-state index in [1.54, 1.807) is 12.3 Å². The van der Waals surface area contributed by atoms with Crippen molar-refractivity contribution in [3.05, 3.63) is 16.1 Å². The minimum atomic E-state index is -3.59. The Hall–Kier alpha value is -0.950. The summed E-state index contributed by atoms with van der Waals surface area (Å²) in [7, 11) is -3.59. The molecule has 1 amide bonds. The summed E-state index contributed by atoms with van der Waals surface area (Å²) in [5.74, 6) is -0.260. The SMILES string of the molecule is Cc1nc(CC(=O)NS(=O)(=O)[C@H](C)CC(C)C)cs1. The largest absolute Gasteiger partial charge is 0.274 e. The molecule has 7 heteroatoms.